The summed E-state index contributed by atoms with van der Waals surface area (Å²) in [5.74, 6) is 0.726. The zero-order valence-electron chi connectivity index (χ0n) is 12.4. The maximum absolute atomic E-state index is 3.40. The van der Waals surface area contributed by atoms with Crippen molar-refractivity contribution in [3.63, 3.8) is 0 Å². The topological polar surface area (TPSA) is 15.3 Å². The van der Waals surface area contributed by atoms with E-state index in [2.05, 4.69) is 62.3 Å². The van der Waals surface area contributed by atoms with Crippen LogP contribution >= 0.6 is 0 Å². The average Bonchev–Trinajstić information content (AvgIpc) is 2.30. The predicted molar refractivity (Wildman–Crippen MR) is 79.9 cm³/mol. The van der Waals surface area contributed by atoms with Gasteiger partial charge in [0.1, 0.15) is 0 Å². The minimum Gasteiger partial charge on any atom is -0.317 e. The fourth-order valence-corrected chi connectivity index (χ4v) is 2.33. The summed E-state index contributed by atoms with van der Waals surface area (Å²) < 4.78 is 0. The van der Waals surface area contributed by atoms with Crippen LogP contribution in [0.5, 0.6) is 0 Å². The van der Waals surface area contributed by atoms with Crippen LogP contribution in [0.1, 0.15) is 31.9 Å². The SMILES string of the molecule is CCNCCc1ccccc1CN(C)CC(C)C. The highest BCUT2D eigenvalue weighted by molar-refractivity contribution is 5.27. The quantitative estimate of drug-likeness (QED) is 0.712. The van der Waals surface area contributed by atoms with Crippen molar-refractivity contribution >= 4 is 0 Å². The Balaban J connectivity index is 2.58. The lowest BCUT2D eigenvalue weighted by Crippen LogP contribution is -2.24. The van der Waals surface area contributed by atoms with E-state index in [4.69, 9.17) is 0 Å². The summed E-state index contributed by atoms with van der Waals surface area (Å²) in [7, 11) is 2.21. The molecule has 0 aliphatic heterocycles. The second kappa shape index (κ2) is 8.28. The summed E-state index contributed by atoms with van der Waals surface area (Å²) in [6, 6.07) is 8.82. The third-order valence-electron chi connectivity index (χ3n) is 3.06. The third kappa shape index (κ3) is 5.65. The zero-order valence-corrected chi connectivity index (χ0v) is 12.4. The van der Waals surface area contributed by atoms with Crippen LogP contribution in [0.2, 0.25) is 0 Å². The molecule has 0 spiro atoms. The lowest BCUT2D eigenvalue weighted by Gasteiger charge is -2.20. The minimum absolute atomic E-state index is 0.726. The van der Waals surface area contributed by atoms with Gasteiger partial charge in [0.2, 0.25) is 0 Å². The normalized spacial score (nSPS) is 11.4. The molecule has 0 saturated carbocycles. The van der Waals surface area contributed by atoms with E-state index in [-0.39, 0.29) is 0 Å². The first-order chi connectivity index (χ1) is 8.63. The molecule has 1 aromatic carbocycles. The van der Waals surface area contributed by atoms with E-state index in [1.807, 2.05) is 0 Å². The average molecular weight is 248 g/mol. The van der Waals surface area contributed by atoms with Gasteiger partial charge in [-0.2, -0.15) is 0 Å². The Morgan fingerprint density at radius 1 is 1.17 bits per heavy atom. The molecule has 1 N–H and O–H groups in total. The first kappa shape index (κ1) is 15.2. The standard InChI is InChI=1S/C16H28N2/c1-5-17-11-10-15-8-6-7-9-16(15)13-18(4)12-14(2)3/h6-9,14,17H,5,10-13H2,1-4H3. The van der Waals surface area contributed by atoms with Crippen LogP contribution in [0.15, 0.2) is 24.3 Å². The van der Waals surface area contributed by atoms with Gasteiger partial charge < -0.3 is 10.2 Å². The predicted octanol–water partition coefficient (Wildman–Crippen LogP) is 2.93. The molecule has 0 aliphatic rings. The highest BCUT2D eigenvalue weighted by Crippen LogP contribution is 2.12. The molecular formula is C16H28N2. The molecule has 0 aromatic heterocycles. The van der Waals surface area contributed by atoms with Gasteiger partial charge in [0.05, 0.1) is 0 Å². The summed E-state index contributed by atoms with van der Waals surface area (Å²) >= 11 is 0. The van der Waals surface area contributed by atoms with Crippen molar-refractivity contribution in [1.29, 1.82) is 0 Å². The number of hydrogen-bond donors (Lipinski definition) is 1. The van der Waals surface area contributed by atoms with Crippen LogP contribution in [-0.4, -0.2) is 31.6 Å². The van der Waals surface area contributed by atoms with Gasteiger partial charge in [-0.05, 0) is 43.6 Å². The number of benzene rings is 1. The lowest BCUT2D eigenvalue weighted by molar-refractivity contribution is 0.287. The van der Waals surface area contributed by atoms with Gasteiger partial charge in [-0.25, -0.2) is 0 Å². The Bertz CT molecular complexity index is 334. The van der Waals surface area contributed by atoms with Crippen LogP contribution in [0, 0.1) is 5.92 Å². The Morgan fingerprint density at radius 2 is 1.83 bits per heavy atom. The molecule has 0 radical (unpaired) electrons. The van der Waals surface area contributed by atoms with Crippen LogP contribution in [0.4, 0.5) is 0 Å². The molecule has 0 unspecified atom stereocenters. The fourth-order valence-electron chi connectivity index (χ4n) is 2.33. The van der Waals surface area contributed by atoms with Gasteiger partial charge in [-0.3, -0.25) is 0 Å². The van der Waals surface area contributed by atoms with E-state index in [9.17, 15) is 0 Å². The second-order valence-electron chi connectivity index (χ2n) is 5.46. The van der Waals surface area contributed by atoms with E-state index in [1.165, 1.54) is 11.1 Å². The monoisotopic (exact) mass is 248 g/mol. The Morgan fingerprint density at radius 3 is 2.44 bits per heavy atom. The molecule has 0 amide bonds. The van der Waals surface area contributed by atoms with E-state index in [0.717, 1.165) is 38.5 Å². The van der Waals surface area contributed by atoms with Crippen LogP contribution < -0.4 is 5.32 Å². The number of rotatable bonds is 8. The van der Waals surface area contributed by atoms with Gasteiger partial charge >= 0.3 is 0 Å². The maximum Gasteiger partial charge on any atom is 0.0233 e. The van der Waals surface area contributed by atoms with Crippen LogP contribution in [0.25, 0.3) is 0 Å². The van der Waals surface area contributed by atoms with Crippen molar-refractivity contribution in [3.05, 3.63) is 35.4 Å². The second-order valence-corrected chi connectivity index (χ2v) is 5.46. The van der Waals surface area contributed by atoms with Gasteiger partial charge in [0.15, 0.2) is 0 Å². The first-order valence-electron chi connectivity index (χ1n) is 7.09. The highest BCUT2D eigenvalue weighted by Gasteiger charge is 2.06. The van der Waals surface area contributed by atoms with Crippen molar-refractivity contribution in [2.75, 3.05) is 26.7 Å². The molecule has 0 fully saturated rings. The van der Waals surface area contributed by atoms with E-state index < -0.39 is 0 Å². The van der Waals surface area contributed by atoms with E-state index in [1.54, 1.807) is 0 Å². The van der Waals surface area contributed by atoms with E-state index in [0.29, 0.717) is 0 Å². The molecule has 2 nitrogen and oxygen atoms in total. The van der Waals surface area contributed by atoms with Crippen LogP contribution in [0.3, 0.4) is 0 Å². The lowest BCUT2D eigenvalue weighted by atomic mass is 10.0. The Hall–Kier alpha value is -0.860. The molecule has 0 atom stereocenters. The van der Waals surface area contributed by atoms with Crippen LogP contribution in [-0.2, 0) is 13.0 Å². The molecule has 0 bridgehead atoms. The Labute approximate surface area is 112 Å². The summed E-state index contributed by atoms with van der Waals surface area (Å²) in [5.41, 5.74) is 2.95. The number of nitrogens with zero attached hydrogens (tertiary/aromatic N) is 1. The first-order valence-corrected chi connectivity index (χ1v) is 7.09. The molecule has 18 heavy (non-hydrogen) atoms. The van der Waals surface area contributed by atoms with Gasteiger partial charge in [-0.1, -0.05) is 45.0 Å². The van der Waals surface area contributed by atoms with Gasteiger partial charge in [0.25, 0.3) is 0 Å². The summed E-state index contributed by atoms with van der Waals surface area (Å²) in [6.07, 6.45) is 1.12. The molecule has 0 saturated heterocycles. The van der Waals surface area contributed by atoms with Crippen molar-refractivity contribution in [2.24, 2.45) is 5.92 Å². The molecule has 1 rings (SSSR count). The van der Waals surface area contributed by atoms with Gasteiger partial charge in [-0.15, -0.1) is 0 Å². The maximum atomic E-state index is 3.40. The molecule has 0 aliphatic carbocycles. The molecule has 1 aromatic rings. The third-order valence-corrected chi connectivity index (χ3v) is 3.06. The number of likely N-dealkylation sites (N-methyl/N-ethyl adjacent to an activating group) is 1. The summed E-state index contributed by atoms with van der Waals surface area (Å²) in [4.78, 5) is 2.41. The molecule has 2 heteroatoms. The largest absolute Gasteiger partial charge is 0.317 e. The number of nitrogens with one attached hydrogen (secondary N) is 1. The highest BCUT2D eigenvalue weighted by atomic mass is 15.1. The minimum atomic E-state index is 0.726. The Kier molecular flexibility index (Phi) is 6.99. The van der Waals surface area contributed by atoms with Crippen molar-refractivity contribution in [2.45, 2.75) is 33.7 Å². The van der Waals surface area contributed by atoms with Crippen molar-refractivity contribution < 1.29 is 0 Å². The number of hydrogen-bond acceptors (Lipinski definition) is 2. The summed E-state index contributed by atoms with van der Waals surface area (Å²) in [5, 5.41) is 3.40. The summed E-state index contributed by atoms with van der Waals surface area (Å²) in [6.45, 7) is 11.0. The smallest absolute Gasteiger partial charge is 0.0233 e. The fraction of sp³-hybridized carbons (Fsp3) is 0.625. The zero-order chi connectivity index (χ0) is 13.4. The van der Waals surface area contributed by atoms with Gasteiger partial charge in [0, 0.05) is 13.1 Å². The molecular weight excluding hydrogens is 220 g/mol. The molecule has 102 valence electrons. The van der Waals surface area contributed by atoms with Crippen molar-refractivity contribution in [1.82, 2.24) is 10.2 Å². The van der Waals surface area contributed by atoms with E-state index >= 15 is 0 Å². The molecule has 0 heterocycles. The van der Waals surface area contributed by atoms with Crippen molar-refractivity contribution in [3.8, 4) is 0 Å².